The first kappa shape index (κ1) is 24.0. The molecule has 0 aliphatic rings. The third kappa shape index (κ3) is 6.42. The van der Waals surface area contributed by atoms with Gasteiger partial charge in [-0.1, -0.05) is 42.1 Å². The summed E-state index contributed by atoms with van der Waals surface area (Å²) in [6.07, 6.45) is 1.66. The summed E-state index contributed by atoms with van der Waals surface area (Å²) in [7, 11) is 0. The molecule has 0 unspecified atom stereocenters. The molecule has 0 saturated carbocycles. The number of carbonyl (C=O) groups excluding carboxylic acids is 2. The Bertz CT molecular complexity index is 1140. The molecule has 1 N–H and O–H groups in total. The number of esters is 1. The highest BCUT2D eigenvalue weighted by atomic mass is 32.2. The molecule has 3 aromatic rings. The maximum atomic E-state index is 13.8. The molecule has 3 rings (SSSR count). The fraction of sp³-hybridized carbons (Fsp3) is 0.217. The minimum Gasteiger partial charge on any atom is -0.483 e. The lowest BCUT2D eigenvalue weighted by molar-refractivity contribution is -0.113. The van der Waals surface area contributed by atoms with Crippen LogP contribution < -0.4 is 10.1 Å². The molecule has 2 aromatic carbocycles. The van der Waals surface area contributed by atoms with Crippen LogP contribution in [0.15, 0.2) is 66.3 Å². The Kier molecular flexibility index (Phi) is 8.59. The van der Waals surface area contributed by atoms with E-state index in [1.807, 2.05) is 0 Å². The number of aromatic nitrogens is 3. The van der Waals surface area contributed by atoms with Gasteiger partial charge in [0, 0.05) is 6.54 Å². The summed E-state index contributed by atoms with van der Waals surface area (Å²) in [4.78, 5) is 24.6. The van der Waals surface area contributed by atoms with Gasteiger partial charge in [-0.25, -0.2) is 9.18 Å². The molecule has 0 aliphatic carbocycles. The van der Waals surface area contributed by atoms with Crippen LogP contribution in [0.4, 0.5) is 10.1 Å². The number of allylic oxidation sites excluding steroid dienone is 1. The zero-order valence-electron chi connectivity index (χ0n) is 18.0. The third-order valence-electron chi connectivity index (χ3n) is 4.33. The van der Waals surface area contributed by atoms with Crippen molar-refractivity contribution in [2.45, 2.75) is 25.2 Å². The van der Waals surface area contributed by atoms with E-state index >= 15 is 0 Å². The summed E-state index contributed by atoms with van der Waals surface area (Å²) < 4.78 is 26.1. The standard InChI is InChI=1S/C23H23FN4O4S/c1-3-13-28-20(14-32-19-12-8-6-10-17(19)24)26-27-23(28)33-15-21(29)25-18-11-7-5-9-16(18)22(30)31-4-2/h3,5-12H,1,4,13-15H2,2H3,(H,25,29). The molecule has 10 heteroatoms. The minimum atomic E-state index is -0.508. The lowest BCUT2D eigenvalue weighted by Crippen LogP contribution is -2.18. The number of anilines is 1. The van der Waals surface area contributed by atoms with E-state index in [0.29, 0.717) is 23.2 Å². The Morgan fingerprint density at radius 1 is 1.18 bits per heavy atom. The van der Waals surface area contributed by atoms with Gasteiger partial charge in [0.25, 0.3) is 0 Å². The van der Waals surface area contributed by atoms with Crippen LogP contribution in [0.5, 0.6) is 5.75 Å². The van der Waals surface area contributed by atoms with Crippen LogP contribution in [-0.2, 0) is 22.7 Å². The van der Waals surface area contributed by atoms with E-state index in [9.17, 15) is 14.0 Å². The van der Waals surface area contributed by atoms with Crippen molar-refractivity contribution in [3.8, 4) is 5.75 Å². The molecular formula is C23H23FN4O4S. The molecule has 0 bridgehead atoms. The molecule has 0 atom stereocenters. The summed E-state index contributed by atoms with van der Waals surface area (Å²) in [6.45, 7) is 6.07. The molecular weight excluding hydrogens is 447 g/mol. The Labute approximate surface area is 194 Å². The highest BCUT2D eigenvalue weighted by molar-refractivity contribution is 7.99. The lowest BCUT2D eigenvalue weighted by Gasteiger charge is -2.11. The molecule has 0 radical (unpaired) electrons. The molecule has 0 aliphatic heterocycles. The minimum absolute atomic E-state index is 0.00143. The molecule has 33 heavy (non-hydrogen) atoms. The predicted molar refractivity (Wildman–Crippen MR) is 123 cm³/mol. The number of amides is 1. The number of thioether (sulfide) groups is 1. The summed E-state index contributed by atoms with van der Waals surface area (Å²) >= 11 is 1.17. The van der Waals surface area contributed by atoms with Gasteiger partial charge < -0.3 is 14.8 Å². The van der Waals surface area contributed by atoms with Crippen LogP contribution in [0.3, 0.4) is 0 Å². The van der Waals surface area contributed by atoms with Crippen molar-refractivity contribution in [3.05, 3.63) is 78.4 Å². The van der Waals surface area contributed by atoms with Gasteiger partial charge >= 0.3 is 5.97 Å². The van der Waals surface area contributed by atoms with E-state index in [1.165, 1.54) is 23.9 Å². The normalized spacial score (nSPS) is 10.5. The van der Waals surface area contributed by atoms with Crippen molar-refractivity contribution < 1.29 is 23.5 Å². The van der Waals surface area contributed by atoms with Crippen LogP contribution in [0, 0.1) is 5.82 Å². The van der Waals surface area contributed by atoms with Crippen molar-refractivity contribution in [1.82, 2.24) is 14.8 Å². The molecule has 0 fully saturated rings. The first-order valence-corrected chi connectivity index (χ1v) is 11.1. The first-order valence-electron chi connectivity index (χ1n) is 10.1. The number of rotatable bonds is 11. The quantitative estimate of drug-likeness (QED) is 0.256. The smallest absolute Gasteiger partial charge is 0.340 e. The van der Waals surface area contributed by atoms with Crippen LogP contribution in [0.1, 0.15) is 23.1 Å². The highest BCUT2D eigenvalue weighted by Gasteiger charge is 2.17. The van der Waals surface area contributed by atoms with E-state index < -0.39 is 11.8 Å². The van der Waals surface area contributed by atoms with E-state index in [4.69, 9.17) is 9.47 Å². The number of halogens is 1. The van der Waals surface area contributed by atoms with Crippen LogP contribution in [-0.4, -0.2) is 39.0 Å². The zero-order valence-corrected chi connectivity index (χ0v) is 18.8. The van der Waals surface area contributed by atoms with E-state index in [-0.39, 0.29) is 36.2 Å². The molecule has 0 saturated heterocycles. The average Bonchev–Trinajstić information content (AvgIpc) is 3.19. The summed E-state index contributed by atoms with van der Waals surface area (Å²) in [5.41, 5.74) is 0.646. The number of carbonyl (C=O) groups is 2. The molecule has 1 aromatic heterocycles. The van der Waals surface area contributed by atoms with Crippen LogP contribution >= 0.6 is 11.8 Å². The number of hydrogen-bond donors (Lipinski definition) is 1. The zero-order chi connectivity index (χ0) is 23.6. The lowest BCUT2D eigenvalue weighted by atomic mass is 10.2. The predicted octanol–water partition coefficient (Wildman–Crippen LogP) is 4.09. The second kappa shape index (κ2) is 11.8. The highest BCUT2D eigenvalue weighted by Crippen LogP contribution is 2.22. The summed E-state index contributed by atoms with van der Waals surface area (Å²) in [5.74, 6) is -0.698. The summed E-state index contributed by atoms with van der Waals surface area (Å²) in [5, 5.41) is 11.4. The van der Waals surface area contributed by atoms with Crippen molar-refractivity contribution >= 4 is 29.3 Å². The van der Waals surface area contributed by atoms with Crippen molar-refractivity contribution in [3.63, 3.8) is 0 Å². The number of para-hydroxylation sites is 2. The van der Waals surface area contributed by atoms with Gasteiger partial charge in [-0.2, -0.15) is 0 Å². The van der Waals surface area contributed by atoms with Crippen LogP contribution in [0.2, 0.25) is 0 Å². The fourth-order valence-electron chi connectivity index (χ4n) is 2.84. The third-order valence-corrected chi connectivity index (χ3v) is 5.29. The van der Waals surface area contributed by atoms with Gasteiger partial charge in [0.1, 0.15) is 6.61 Å². The summed E-state index contributed by atoms with van der Waals surface area (Å²) in [6, 6.07) is 12.7. The van der Waals surface area contributed by atoms with Gasteiger partial charge in [-0.3, -0.25) is 9.36 Å². The van der Waals surface area contributed by atoms with Gasteiger partial charge in [0.15, 0.2) is 22.5 Å². The number of nitrogens with one attached hydrogen (secondary N) is 1. The SMILES string of the molecule is C=CCn1c(COc2ccccc2F)nnc1SCC(=O)Nc1ccccc1C(=O)OCC. The molecule has 172 valence electrons. The topological polar surface area (TPSA) is 95.3 Å². The van der Waals surface area contributed by atoms with Gasteiger partial charge in [0.2, 0.25) is 5.91 Å². The molecule has 1 heterocycles. The van der Waals surface area contributed by atoms with Crippen molar-refractivity contribution in [2.24, 2.45) is 0 Å². The average molecular weight is 471 g/mol. The molecule has 0 spiro atoms. The Morgan fingerprint density at radius 2 is 1.94 bits per heavy atom. The second-order valence-corrected chi connectivity index (χ2v) is 7.56. The number of benzene rings is 2. The van der Waals surface area contributed by atoms with Gasteiger partial charge in [-0.05, 0) is 31.2 Å². The molecule has 1 amide bonds. The van der Waals surface area contributed by atoms with E-state index in [0.717, 1.165) is 0 Å². The Morgan fingerprint density at radius 3 is 2.70 bits per heavy atom. The van der Waals surface area contributed by atoms with E-state index in [2.05, 4.69) is 22.1 Å². The van der Waals surface area contributed by atoms with Crippen molar-refractivity contribution in [1.29, 1.82) is 0 Å². The first-order chi connectivity index (χ1) is 16.0. The van der Waals surface area contributed by atoms with Crippen LogP contribution in [0.25, 0.3) is 0 Å². The maximum Gasteiger partial charge on any atom is 0.340 e. The monoisotopic (exact) mass is 470 g/mol. The second-order valence-electron chi connectivity index (χ2n) is 6.62. The largest absolute Gasteiger partial charge is 0.483 e. The maximum absolute atomic E-state index is 13.8. The molecule has 8 nitrogen and oxygen atoms in total. The van der Waals surface area contributed by atoms with E-state index in [1.54, 1.807) is 54.0 Å². The number of hydrogen-bond acceptors (Lipinski definition) is 7. The van der Waals surface area contributed by atoms with Gasteiger partial charge in [0.05, 0.1) is 23.6 Å². The number of ether oxygens (including phenoxy) is 2. The van der Waals surface area contributed by atoms with Crippen molar-refractivity contribution in [2.75, 3.05) is 17.7 Å². The Balaban J connectivity index is 1.64. The Hall–Kier alpha value is -3.66. The fourth-order valence-corrected chi connectivity index (χ4v) is 3.61. The van der Waals surface area contributed by atoms with Gasteiger partial charge in [-0.15, -0.1) is 16.8 Å². The number of nitrogens with zero attached hydrogens (tertiary/aromatic N) is 3.